The van der Waals surface area contributed by atoms with Crippen LogP contribution in [-0.2, 0) is 0 Å². The van der Waals surface area contributed by atoms with Crippen LogP contribution in [0.2, 0.25) is 0 Å². The largest absolute Gasteiger partial charge is 0.347 e. The first-order valence-corrected chi connectivity index (χ1v) is 5.73. The van der Waals surface area contributed by atoms with Gasteiger partial charge in [-0.05, 0) is 19.1 Å². The summed E-state index contributed by atoms with van der Waals surface area (Å²) in [7, 11) is 0. The van der Waals surface area contributed by atoms with Crippen molar-refractivity contribution in [3.05, 3.63) is 57.9 Å². The van der Waals surface area contributed by atoms with Crippen LogP contribution in [-0.4, -0.2) is 20.8 Å². The van der Waals surface area contributed by atoms with E-state index < -0.39 is 28.4 Å². The summed E-state index contributed by atoms with van der Waals surface area (Å²) in [5.41, 5.74) is -0.722. The Balaban J connectivity index is 2.17. The molecular formula is C12H11FN4O3. The highest BCUT2D eigenvalue weighted by Gasteiger charge is 2.19. The summed E-state index contributed by atoms with van der Waals surface area (Å²) in [6.07, 6.45) is 3.15. The van der Waals surface area contributed by atoms with Crippen LogP contribution in [0.4, 0.5) is 10.1 Å². The Morgan fingerprint density at radius 3 is 2.90 bits per heavy atom. The minimum atomic E-state index is -0.981. The van der Waals surface area contributed by atoms with Crippen molar-refractivity contribution >= 4 is 11.6 Å². The van der Waals surface area contributed by atoms with Gasteiger partial charge in [-0.15, -0.1) is 0 Å². The third-order valence-corrected chi connectivity index (χ3v) is 2.68. The van der Waals surface area contributed by atoms with Crippen LogP contribution in [0, 0.1) is 15.9 Å². The zero-order chi connectivity index (χ0) is 14.7. The second-order valence-electron chi connectivity index (χ2n) is 4.09. The van der Waals surface area contributed by atoms with E-state index in [9.17, 15) is 19.3 Å². The van der Waals surface area contributed by atoms with Crippen LogP contribution in [0.1, 0.15) is 29.1 Å². The molecule has 0 radical (unpaired) electrons. The lowest BCUT2D eigenvalue weighted by atomic mass is 10.1. The third-order valence-electron chi connectivity index (χ3n) is 2.68. The molecule has 104 valence electrons. The number of aromatic amines is 1. The van der Waals surface area contributed by atoms with Crippen LogP contribution in [0.3, 0.4) is 0 Å². The van der Waals surface area contributed by atoms with Crippen molar-refractivity contribution in [3.8, 4) is 0 Å². The number of amides is 1. The van der Waals surface area contributed by atoms with E-state index in [1.807, 2.05) is 0 Å². The summed E-state index contributed by atoms with van der Waals surface area (Å²) >= 11 is 0. The number of imidazole rings is 1. The second kappa shape index (κ2) is 5.47. The van der Waals surface area contributed by atoms with Gasteiger partial charge in [0.1, 0.15) is 5.82 Å². The van der Waals surface area contributed by atoms with Gasteiger partial charge in [0.05, 0.1) is 11.0 Å². The zero-order valence-electron chi connectivity index (χ0n) is 10.5. The molecule has 1 aromatic heterocycles. The highest BCUT2D eigenvalue weighted by molar-refractivity contribution is 5.95. The number of carbonyl (C=O) groups is 1. The Bertz CT molecular complexity index is 642. The molecule has 0 saturated carbocycles. The number of nitrogens with one attached hydrogen (secondary N) is 2. The Labute approximate surface area is 113 Å². The predicted molar refractivity (Wildman–Crippen MR) is 67.5 cm³/mol. The van der Waals surface area contributed by atoms with Gasteiger partial charge in [-0.1, -0.05) is 0 Å². The lowest BCUT2D eigenvalue weighted by Crippen LogP contribution is -2.27. The summed E-state index contributed by atoms with van der Waals surface area (Å²) in [6, 6.07) is 2.58. The predicted octanol–water partition coefficient (Wildman–Crippen LogP) is 1.95. The van der Waals surface area contributed by atoms with E-state index in [1.54, 1.807) is 19.3 Å². The molecule has 8 heteroatoms. The van der Waals surface area contributed by atoms with Crippen LogP contribution >= 0.6 is 0 Å². The lowest BCUT2D eigenvalue weighted by Gasteiger charge is -2.11. The van der Waals surface area contributed by atoms with Crippen LogP contribution in [0.25, 0.3) is 0 Å². The van der Waals surface area contributed by atoms with Crippen molar-refractivity contribution in [1.29, 1.82) is 0 Å². The lowest BCUT2D eigenvalue weighted by molar-refractivity contribution is -0.387. The average molecular weight is 278 g/mol. The second-order valence-corrected chi connectivity index (χ2v) is 4.09. The topological polar surface area (TPSA) is 101 Å². The summed E-state index contributed by atoms with van der Waals surface area (Å²) < 4.78 is 13.2. The quantitative estimate of drug-likeness (QED) is 0.659. The first-order valence-electron chi connectivity index (χ1n) is 5.73. The van der Waals surface area contributed by atoms with Crippen LogP contribution < -0.4 is 5.32 Å². The van der Waals surface area contributed by atoms with Crippen LogP contribution in [0.15, 0.2) is 30.6 Å². The van der Waals surface area contributed by atoms with E-state index in [1.165, 1.54) is 6.07 Å². The maximum absolute atomic E-state index is 13.2. The number of halogens is 1. The van der Waals surface area contributed by atoms with Gasteiger partial charge in [-0.3, -0.25) is 14.9 Å². The Morgan fingerprint density at radius 2 is 2.30 bits per heavy atom. The maximum atomic E-state index is 13.2. The number of carbonyl (C=O) groups excluding carboxylic acids is 1. The fraction of sp³-hybridized carbons (Fsp3) is 0.167. The van der Waals surface area contributed by atoms with E-state index >= 15 is 0 Å². The third kappa shape index (κ3) is 2.79. The number of nitro groups is 1. The highest BCUT2D eigenvalue weighted by atomic mass is 19.1. The van der Waals surface area contributed by atoms with Crippen molar-refractivity contribution in [1.82, 2.24) is 15.3 Å². The normalized spacial score (nSPS) is 11.9. The van der Waals surface area contributed by atoms with Crippen molar-refractivity contribution in [2.75, 3.05) is 0 Å². The molecule has 0 saturated heterocycles. The standard InChI is InChI=1S/C12H11FN4O3/c1-7(11-14-4-5-15-11)16-12(18)8-2-3-9(13)10(6-8)17(19)20/h2-7H,1H3,(H,14,15)(H,16,18). The minimum absolute atomic E-state index is 0.0107. The van der Waals surface area contributed by atoms with Crippen molar-refractivity contribution in [2.24, 2.45) is 0 Å². The van der Waals surface area contributed by atoms with Crippen molar-refractivity contribution in [3.63, 3.8) is 0 Å². The Morgan fingerprint density at radius 1 is 1.55 bits per heavy atom. The van der Waals surface area contributed by atoms with Gasteiger partial charge >= 0.3 is 5.69 Å². The average Bonchev–Trinajstić information content (AvgIpc) is 2.92. The minimum Gasteiger partial charge on any atom is -0.347 e. The van der Waals surface area contributed by atoms with Crippen LogP contribution in [0.5, 0.6) is 0 Å². The van der Waals surface area contributed by atoms with Crippen molar-refractivity contribution < 1.29 is 14.1 Å². The number of aromatic nitrogens is 2. The first kappa shape index (κ1) is 13.7. The number of benzene rings is 1. The van der Waals surface area contributed by atoms with Gasteiger partial charge in [0, 0.05) is 24.0 Å². The molecule has 2 N–H and O–H groups in total. The molecule has 1 heterocycles. The monoisotopic (exact) mass is 278 g/mol. The van der Waals surface area contributed by atoms with Gasteiger partial charge in [0.25, 0.3) is 5.91 Å². The van der Waals surface area contributed by atoms with E-state index in [0.717, 1.165) is 12.1 Å². The fourth-order valence-corrected chi connectivity index (χ4v) is 1.66. The Kier molecular flexibility index (Phi) is 3.74. The fourth-order valence-electron chi connectivity index (χ4n) is 1.66. The molecule has 0 spiro atoms. The van der Waals surface area contributed by atoms with Gasteiger partial charge in [-0.2, -0.15) is 4.39 Å². The summed E-state index contributed by atoms with van der Waals surface area (Å²) in [6.45, 7) is 1.70. The van der Waals surface area contributed by atoms with E-state index in [-0.39, 0.29) is 5.56 Å². The van der Waals surface area contributed by atoms with Gasteiger partial charge in [0.2, 0.25) is 5.82 Å². The molecule has 2 aromatic rings. The van der Waals surface area contributed by atoms with Gasteiger partial charge in [0.15, 0.2) is 0 Å². The smallest absolute Gasteiger partial charge is 0.305 e. The van der Waals surface area contributed by atoms with E-state index in [0.29, 0.717) is 5.82 Å². The maximum Gasteiger partial charge on any atom is 0.305 e. The molecule has 0 bridgehead atoms. The number of nitrogens with zero attached hydrogens (tertiary/aromatic N) is 2. The molecular weight excluding hydrogens is 267 g/mol. The molecule has 1 aromatic carbocycles. The first-order chi connectivity index (χ1) is 9.49. The number of hydrogen-bond donors (Lipinski definition) is 2. The number of H-pyrrole nitrogens is 1. The Hall–Kier alpha value is -2.77. The summed E-state index contributed by atoms with van der Waals surface area (Å²) in [5, 5.41) is 13.2. The molecule has 1 amide bonds. The molecule has 0 aliphatic heterocycles. The van der Waals surface area contributed by atoms with Gasteiger partial charge < -0.3 is 10.3 Å². The molecule has 7 nitrogen and oxygen atoms in total. The summed E-state index contributed by atoms with van der Waals surface area (Å²) in [5.74, 6) is -0.974. The molecule has 0 fully saturated rings. The molecule has 0 aliphatic carbocycles. The zero-order valence-corrected chi connectivity index (χ0v) is 10.5. The molecule has 1 unspecified atom stereocenters. The molecule has 0 aliphatic rings. The van der Waals surface area contributed by atoms with Crippen molar-refractivity contribution in [2.45, 2.75) is 13.0 Å². The SMILES string of the molecule is CC(NC(=O)c1ccc(F)c([N+](=O)[O-])c1)c1ncc[nH]1. The van der Waals surface area contributed by atoms with E-state index in [4.69, 9.17) is 0 Å². The molecule has 2 rings (SSSR count). The molecule has 1 atom stereocenters. The number of hydrogen-bond acceptors (Lipinski definition) is 4. The summed E-state index contributed by atoms with van der Waals surface area (Å²) in [4.78, 5) is 28.5. The molecule has 20 heavy (non-hydrogen) atoms. The number of rotatable bonds is 4. The highest BCUT2D eigenvalue weighted by Crippen LogP contribution is 2.19. The van der Waals surface area contributed by atoms with E-state index in [2.05, 4.69) is 15.3 Å². The number of nitro benzene ring substituents is 1. The van der Waals surface area contributed by atoms with Gasteiger partial charge in [-0.25, -0.2) is 4.98 Å².